The summed E-state index contributed by atoms with van der Waals surface area (Å²) in [6.45, 7) is 15.1. The molecule has 0 aromatic carbocycles. The Balaban J connectivity index is 1.77. The van der Waals surface area contributed by atoms with E-state index in [0.717, 1.165) is 51.6 Å². The van der Waals surface area contributed by atoms with Crippen LogP contribution in [0.1, 0.15) is 33.4 Å². The minimum absolute atomic E-state index is 0.112. The molecule has 0 aliphatic carbocycles. The zero-order valence-electron chi connectivity index (χ0n) is 13.8. The van der Waals surface area contributed by atoms with Crippen LogP contribution in [-0.4, -0.2) is 58.3 Å². The quantitative estimate of drug-likeness (QED) is 0.817. The number of aromatic nitrogens is 3. The van der Waals surface area contributed by atoms with Crippen LogP contribution in [0.15, 0.2) is 6.20 Å². The Morgan fingerprint density at radius 2 is 2.19 bits per heavy atom. The third kappa shape index (κ3) is 5.05. The van der Waals surface area contributed by atoms with E-state index in [-0.39, 0.29) is 5.54 Å². The van der Waals surface area contributed by atoms with Gasteiger partial charge in [-0.3, -0.25) is 9.58 Å². The highest BCUT2D eigenvalue weighted by Crippen LogP contribution is 2.18. The third-order valence-electron chi connectivity index (χ3n) is 3.86. The number of ether oxygens (including phenoxy) is 1. The second-order valence-corrected chi connectivity index (χ2v) is 6.85. The van der Waals surface area contributed by atoms with Gasteiger partial charge in [-0.25, -0.2) is 0 Å². The van der Waals surface area contributed by atoms with Crippen LogP contribution in [0.3, 0.4) is 0 Å². The molecule has 6 nitrogen and oxygen atoms in total. The first-order valence-corrected chi connectivity index (χ1v) is 7.90. The van der Waals surface area contributed by atoms with Gasteiger partial charge in [0.1, 0.15) is 0 Å². The van der Waals surface area contributed by atoms with E-state index in [4.69, 9.17) is 4.74 Å². The molecule has 2 heterocycles. The number of nitrogens with zero attached hydrogens (tertiary/aromatic N) is 4. The van der Waals surface area contributed by atoms with Crippen LogP contribution in [0.5, 0.6) is 0 Å². The number of rotatable bonds is 7. The van der Waals surface area contributed by atoms with E-state index in [2.05, 4.69) is 48.2 Å². The molecule has 0 unspecified atom stereocenters. The zero-order valence-corrected chi connectivity index (χ0v) is 13.8. The summed E-state index contributed by atoms with van der Waals surface area (Å²) in [4.78, 5) is 2.47. The number of morpholine rings is 1. The van der Waals surface area contributed by atoms with E-state index in [9.17, 15) is 0 Å². The lowest BCUT2D eigenvalue weighted by Gasteiger charge is -2.42. The summed E-state index contributed by atoms with van der Waals surface area (Å²) in [5, 5.41) is 11.8. The summed E-state index contributed by atoms with van der Waals surface area (Å²) in [6.07, 6.45) is 2.04. The maximum absolute atomic E-state index is 5.55. The molecule has 1 aromatic heterocycles. The van der Waals surface area contributed by atoms with Crippen LogP contribution < -0.4 is 5.32 Å². The van der Waals surface area contributed by atoms with Crippen LogP contribution in [0, 0.1) is 5.92 Å². The second-order valence-electron chi connectivity index (χ2n) is 6.85. The van der Waals surface area contributed by atoms with Gasteiger partial charge in [-0.05, 0) is 26.3 Å². The maximum atomic E-state index is 5.55. The highest BCUT2D eigenvalue weighted by Gasteiger charge is 2.29. The fourth-order valence-corrected chi connectivity index (χ4v) is 2.55. The van der Waals surface area contributed by atoms with E-state index < -0.39 is 0 Å². The Morgan fingerprint density at radius 3 is 2.90 bits per heavy atom. The van der Waals surface area contributed by atoms with Crippen LogP contribution in [0.4, 0.5) is 0 Å². The predicted octanol–water partition coefficient (Wildman–Crippen LogP) is 1.13. The van der Waals surface area contributed by atoms with Crippen molar-refractivity contribution in [2.45, 2.75) is 46.3 Å². The molecule has 1 N–H and O–H groups in total. The standard InChI is InChI=1S/C15H29N5O/c1-13(2)9-16-10-14-11-20(18-17-14)6-5-19-7-8-21-12-15(19,3)4/h11,13,16H,5-10,12H2,1-4H3. The molecule has 0 bridgehead atoms. The third-order valence-corrected chi connectivity index (χ3v) is 3.86. The summed E-state index contributed by atoms with van der Waals surface area (Å²) in [5.41, 5.74) is 1.12. The molecule has 1 aliphatic rings. The van der Waals surface area contributed by atoms with E-state index >= 15 is 0 Å². The number of nitrogens with one attached hydrogen (secondary N) is 1. The monoisotopic (exact) mass is 295 g/mol. The Bertz CT molecular complexity index is 429. The van der Waals surface area contributed by atoms with Gasteiger partial charge in [-0.1, -0.05) is 19.1 Å². The van der Waals surface area contributed by atoms with Crippen LogP contribution >= 0.6 is 0 Å². The zero-order chi connectivity index (χ0) is 15.3. The largest absolute Gasteiger partial charge is 0.378 e. The first kappa shape index (κ1) is 16.4. The normalized spacial score (nSPS) is 19.3. The van der Waals surface area contributed by atoms with Gasteiger partial charge in [0.25, 0.3) is 0 Å². The molecule has 0 radical (unpaired) electrons. The Labute approximate surface area is 127 Å². The maximum Gasteiger partial charge on any atom is 0.0964 e. The molecule has 0 atom stereocenters. The molecular weight excluding hydrogens is 266 g/mol. The van der Waals surface area contributed by atoms with Crippen molar-refractivity contribution in [1.29, 1.82) is 0 Å². The molecule has 0 saturated carbocycles. The molecule has 6 heteroatoms. The van der Waals surface area contributed by atoms with Crippen molar-refractivity contribution in [2.75, 3.05) is 32.8 Å². The molecule has 120 valence electrons. The summed E-state index contributed by atoms with van der Waals surface area (Å²) >= 11 is 0. The molecule has 0 amide bonds. The van der Waals surface area contributed by atoms with Gasteiger partial charge in [-0.15, -0.1) is 5.10 Å². The lowest BCUT2D eigenvalue weighted by molar-refractivity contribution is -0.0524. The van der Waals surface area contributed by atoms with E-state index in [1.54, 1.807) is 0 Å². The van der Waals surface area contributed by atoms with Crippen molar-refractivity contribution >= 4 is 0 Å². The Kier molecular flexibility index (Phi) is 5.72. The van der Waals surface area contributed by atoms with Gasteiger partial charge in [0.05, 0.1) is 25.5 Å². The van der Waals surface area contributed by atoms with Gasteiger partial charge in [0, 0.05) is 31.4 Å². The molecule has 1 fully saturated rings. The molecular formula is C15H29N5O. The second kappa shape index (κ2) is 7.33. The van der Waals surface area contributed by atoms with Crippen molar-refractivity contribution in [1.82, 2.24) is 25.2 Å². The van der Waals surface area contributed by atoms with Gasteiger partial charge >= 0.3 is 0 Å². The lowest BCUT2D eigenvalue weighted by atomic mass is 10.0. The van der Waals surface area contributed by atoms with Gasteiger partial charge in [0.2, 0.25) is 0 Å². The minimum atomic E-state index is 0.112. The van der Waals surface area contributed by atoms with Crippen LogP contribution in [-0.2, 0) is 17.8 Å². The number of hydrogen-bond acceptors (Lipinski definition) is 5. The Morgan fingerprint density at radius 1 is 1.38 bits per heavy atom. The molecule has 1 aromatic rings. The van der Waals surface area contributed by atoms with Crippen molar-refractivity contribution < 1.29 is 4.74 Å². The lowest BCUT2D eigenvalue weighted by Crippen LogP contribution is -2.53. The predicted molar refractivity (Wildman–Crippen MR) is 83.0 cm³/mol. The summed E-state index contributed by atoms with van der Waals surface area (Å²) in [6, 6.07) is 0. The van der Waals surface area contributed by atoms with Crippen molar-refractivity contribution in [3.05, 3.63) is 11.9 Å². The van der Waals surface area contributed by atoms with Crippen molar-refractivity contribution in [3.63, 3.8) is 0 Å². The average Bonchev–Trinajstić information content (AvgIpc) is 2.84. The highest BCUT2D eigenvalue weighted by atomic mass is 16.5. The first-order valence-electron chi connectivity index (χ1n) is 7.90. The summed E-state index contributed by atoms with van der Waals surface area (Å²) in [7, 11) is 0. The Hall–Kier alpha value is -0.980. The fourth-order valence-electron chi connectivity index (χ4n) is 2.55. The smallest absolute Gasteiger partial charge is 0.0964 e. The topological polar surface area (TPSA) is 55.2 Å². The molecule has 0 spiro atoms. The molecule has 2 rings (SSSR count). The molecule has 1 saturated heterocycles. The summed E-state index contributed by atoms with van der Waals surface area (Å²) in [5.74, 6) is 0.656. The fraction of sp³-hybridized carbons (Fsp3) is 0.867. The first-order chi connectivity index (χ1) is 9.97. The van der Waals surface area contributed by atoms with Crippen LogP contribution in [0.25, 0.3) is 0 Å². The number of hydrogen-bond donors (Lipinski definition) is 1. The summed E-state index contributed by atoms with van der Waals surface area (Å²) < 4.78 is 7.49. The minimum Gasteiger partial charge on any atom is -0.378 e. The van der Waals surface area contributed by atoms with E-state index in [0.29, 0.717) is 5.92 Å². The van der Waals surface area contributed by atoms with Crippen molar-refractivity contribution in [3.8, 4) is 0 Å². The van der Waals surface area contributed by atoms with Gasteiger partial charge in [-0.2, -0.15) is 0 Å². The SMILES string of the molecule is CC(C)CNCc1cn(CCN2CCOCC2(C)C)nn1. The van der Waals surface area contributed by atoms with Crippen molar-refractivity contribution in [2.24, 2.45) is 5.92 Å². The van der Waals surface area contributed by atoms with E-state index in [1.807, 2.05) is 10.9 Å². The van der Waals surface area contributed by atoms with Crippen LogP contribution in [0.2, 0.25) is 0 Å². The van der Waals surface area contributed by atoms with Gasteiger partial charge < -0.3 is 10.1 Å². The average molecular weight is 295 g/mol. The molecule has 21 heavy (non-hydrogen) atoms. The van der Waals surface area contributed by atoms with E-state index in [1.165, 1.54) is 0 Å². The highest BCUT2D eigenvalue weighted by molar-refractivity contribution is 4.92. The molecule has 1 aliphatic heterocycles. The van der Waals surface area contributed by atoms with Gasteiger partial charge in [0.15, 0.2) is 0 Å².